The lowest BCUT2D eigenvalue weighted by Gasteiger charge is -2.27. The number of hydrazine groups is 1. The minimum atomic E-state index is 1.02. The predicted octanol–water partition coefficient (Wildman–Crippen LogP) is 1.46. The molecule has 2 rings (SSSR count). The van der Waals surface area contributed by atoms with E-state index in [9.17, 15) is 0 Å². The fourth-order valence-corrected chi connectivity index (χ4v) is 2.22. The zero-order valence-electron chi connectivity index (χ0n) is 9.81. The zero-order chi connectivity index (χ0) is 11.2. The van der Waals surface area contributed by atoms with Gasteiger partial charge >= 0.3 is 0 Å². The summed E-state index contributed by atoms with van der Waals surface area (Å²) in [4.78, 5) is 2.53. The molecule has 2 N–H and O–H groups in total. The lowest BCUT2D eigenvalue weighted by atomic mass is 10.2. The lowest BCUT2D eigenvalue weighted by molar-refractivity contribution is 0.179. The van der Waals surface area contributed by atoms with Gasteiger partial charge < -0.3 is 0 Å². The van der Waals surface area contributed by atoms with Gasteiger partial charge in [0.05, 0.1) is 0 Å². The first-order valence-corrected chi connectivity index (χ1v) is 6.10. The van der Waals surface area contributed by atoms with E-state index in [0.717, 1.165) is 32.7 Å². The summed E-state index contributed by atoms with van der Waals surface area (Å²) in [7, 11) is 0. The molecule has 0 aromatic heterocycles. The summed E-state index contributed by atoms with van der Waals surface area (Å²) in [5.74, 6) is 5.82. The van der Waals surface area contributed by atoms with Crippen molar-refractivity contribution in [3.63, 3.8) is 0 Å². The van der Waals surface area contributed by atoms with E-state index in [1.54, 1.807) is 0 Å². The van der Waals surface area contributed by atoms with Gasteiger partial charge in [-0.05, 0) is 31.5 Å². The molecule has 1 fully saturated rings. The average molecular weight is 219 g/mol. The van der Waals surface area contributed by atoms with Crippen LogP contribution in [-0.2, 0) is 6.54 Å². The molecule has 0 saturated carbocycles. The van der Waals surface area contributed by atoms with Crippen LogP contribution in [0.2, 0.25) is 0 Å². The van der Waals surface area contributed by atoms with Crippen LogP contribution in [0.15, 0.2) is 30.3 Å². The van der Waals surface area contributed by atoms with Crippen LogP contribution < -0.4 is 5.84 Å². The van der Waals surface area contributed by atoms with Crippen LogP contribution in [-0.4, -0.2) is 36.1 Å². The largest absolute Gasteiger partial charge is 0.299 e. The van der Waals surface area contributed by atoms with E-state index in [1.165, 1.54) is 18.4 Å². The molecule has 1 heterocycles. The molecule has 1 aromatic rings. The predicted molar refractivity (Wildman–Crippen MR) is 66.7 cm³/mol. The van der Waals surface area contributed by atoms with E-state index in [0.29, 0.717) is 0 Å². The number of rotatable bonds is 2. The Morgan fingerprint density at radius 2 is 1.56 bits per heavy atom. The second-order valence-electron chi connectivity index (χ2n) is 4.50. The topological polar surface area (TPSA) is 32.5 Å². The van der Waals surface area contributed by atoms with Gasteiger partial charge in [0.2, 0.25) is 0 Å². The van der Waals surface area contributed by atoms with Gasteiger partial charge in [-0.1, -0.05) is 30.3 Å². The van der Waals surface area contributed by atoms with Gasteiger partial charge in [0.25, 0.3) is 0 Å². The summed E-state index contributed by atoms with van der Waals surface area (Å²) in [6.07, 6.45) is 2.34. The Bertz CT molecular complexity index is 289. The highest BCUT2D eigenvalue weighted by Gasteiger charge is 2.10. The summed E-state index contributed by atoms with van der Waals surface area (Å²) in [6, 6.07) is 10.7. The first-order chi connectivity index (χ1) is 7.84. The Morgan fingerprint density at radius 1 is 0.938 bits per heavy atom. The van der Waals surface area contributed by atoms with Crippen LogP contribution in [0.3, 0.4) is 0 Å². The molecule has 0 radical (unpaired) electrons. The van der Waals surface area contributed by atoms with E-state index in [2.05, 4.69) is 35.2 Å². The molecule has 0 unspecified atom stereocenters. The van der Waals surface area contributed by atoms with Gasteiger partial charge in [0.1, 0.15) is 0 Å². The maximum absolute atomic E-state index is 5.82. The molecule has 0 aliphatic carbocycles. The van der Waals surface area contributed by atoms with Crippen LogP contribution in [0.5, 0.6) is 0 Å². The summed E-state index contributed by atoms with van der Waals surface area (Å²) in [5, 5.41) is 1.94. The zero-order valence-corrected chi connectivity index (χ0v) is 9.81. The number of nitrogens with two attached hydrogens (primary N) is 1. The number of nitrogens with zero attached hydrogens (tertiary/aromatic N) is 2. The second-order valence-corrected chi connectivity index (χ2v) is 4.50. The van der Waals surface area contributed by atoms with Crippen molar-refractivity contribution >= 4 is 0 Å². The third-order valence-corrected chi connectivity index (χ3v) is 3.09. The van der Waals surface area contributed by atoms with Crippen LogP contribution in [0.25, 0.3) is 0 Å². The fraction of sp³-hybridized carbons (Fsp3) is 0.538. The van der Waals surface area contributed by atoms with Crippen molar-refractivity contribution in [3.8, 4) is 0 Å². The third-order valence-electron chi connectivity index (χ3n) is 3.09. The van der Waals surface area contributed by atoms with Gasteiger partial charge in [-0.25, -0.2) is 5.01 Å². The molecule has 1 aliphatic heterocycles. The molecule has 0 amide bonds. The molecule has 88 valence electrons. The molecule has 0 bridgehead atoms. The van der Waals surface area contributed by atoms with E-state index in [-0.39, 0.29) is 0 Å². The first-order valence-electron chi connectivity index (χ1n) is 6.10. The minimum absolute atomic E-state index is 1.02. The normalized spacial score (nSPS) is 20.3. The van der Waals surface area contributed by atoms with Crippen LogP contribution in [0.1, 0.15) is 18.4 Å². The third kappa shape index (κ3) is 3.59. The van der Waals surface area contributed by atoms with Crippen molar-refractivity contribution in [1.82, 2.24) is 9.91 Å². The Morgan fingerprint density at radius 3 is 2.19 bits per heavy atom. The average Bonchev–Trinajstić information content (AvgIpc) is 2.27. The molecular weight excluding hydrogens is 198 g/mol. The number of benzene rings is 1. The summed E-state index contributed by atoms with van der Waals surface area (Å²) >= 11 is 0. The summed E-state index contributed by atoms with van der Waals surface area (Å²) in [5.41, 5.74) is 1.41. The highest BCUT2D eigenvalue weighted by Crippen LogP contribution is 2.07. The van der Waals surface area contributed by atoms with Crippen LogP contribution in [0.4, 0.5) is 0 Å². The van der Waals surface area contributed by atoms with Crippen molar-refractivity contribution in [1.29, 1.82) is 0 Å². The summed E-state index contributed by atoms with van der Waals surface area (Å²) in [6.45, 7) is 5.42. The van der Waals surface area contributed by atoms with Gasteiger partial charge in [0.15, 0.2) is 0 Å². The van der Waals surface area contributed by atoms with Gasteiger partial charge in [-0.2, -0.15) is 0 Å². The Labute approximate surface area is 97.8 Å². The highest BCUT2D eigenvalue weighted by molar-refractivity contribution is 5.14. The summed E-state index contributed by atoms with van der Waals surface area (Å²) < 4.78 is 0. The van der Waals surface area contributed by atoms with Gasteiger partial charge in [-0.15, -0.1) is 0 Å². The van der Waals surface area contributed by atoms with E-state index >= 15 is 0 Å². The van der Waals surface area contributed by atoms with Crippen LogP contribution >= 0.6 is 0 Å². The molecule has 0 atom stereocenters. The Kier molecular flexibility index (Phi) is 4.34. The number of hydrogen-bond donors (Lipinski definition) is 1. The van der Waals surface area contributed by atoms with Crippen molar-refractivity contribution in [2.45, 2.75) is 19.4 Å². The smallest absolute Gasteiger partial charge is 0.0233 e. The Balaban J connectivity index is 1.85. The molecule has 1 aromatic carbocycles. The maximum atomic E-state index is 5.82. The van der Waals surface area contributed by atoms with Crippen molar-refractivity contribution < 1.29 is 0 Å². The molecular formula is C13H21N3. The molecule has 0 spiro atoms. The quantitative estimate of drug-likeness (QED) is 0.764. The maximum Gasteiger partial charge on any atom is 0.0233 e. The standard InChI is InChI=1S/C13H21N3/c14-16-10-4-8-15(9-5-11-16)12-13-6-2-1-3-7-13/h1-3,6-7H,4-5,8-12,14H2. The van der Waals surface area contributed by atoms with E-state index < -0.39 is 0 Å². The van der Waals surface area contributed by atoms with Crippen molar-refractivity contribution in [3.05, 3.63) is 35.9 Å². The Hall–Kier alpha value is -0.900. The minimum Gasteiger partial charge on any atom is -0.299 e. The fourth-order valence-electron chi connectivity index (χ4n) is 2.22. The molecule has 3 heteroatoms. The van der Waals surface area contributed by atoms with Crippen LogP contribution in [0, 0.1) is 0 Å². The van der Waals surface area contributed by atoms with Gasteiger partial charge in [0, 0.05) is 19.6 Å². The van der Waals surface area contributed by atoms with Crippen molar-refractivity contribution in [2.75, 3.05) is 26.2 Å². The number of hydrogen-bond acceptors (Lipinski definition) is 3. The van der Waals surface area contributed by atoms with E-state index in [4.69, 9.17) is 5.84 Å². The molecule has 3 nitrogen and oxygen atoms in total. The van der Waals surface area contributed by atoms with Crippen molar-refractivity contribution in [2.24, 2.45) is 5.84 Å². The molecule has 1 saturated heterocycles. The molecule has 1 aliphatic rings. The second kappa shape index (κ2) is 5.99. The monoisotopic (exact) mass is 219 g/mol. The highest BCUT2D eigenvalue weighted by atomic mass is 15.4. The van der Waals surface area contributed by atoms with E-state index in [1.807, 2.05) is 5.01 Å². The molecule has 16 heavy (non-hydrogen) atoms. The SMILES string of the molecule is NN1CCCN(Cc2ccccc2)CCC1. The first kappa shape index (κ1) is 11.6. The lowest BCUT2D eigenvalue weighted by Crippen LogP contribution is -2.39. The van der Waals surface area contributed by atoms with Gasteiger partial charge in [-0.3, -0.25) is 10.7 Å².